The fourth-order valence-electron chi connectivity index (χ4n) is 5.21. The van der Waals surface area contributed by atoms with Crippen molar-refractivity contribution in [2.75, 3.05) is 17.7 Å². The fourth-order valence-corrected chi connectivity index (χ4v) is 5.78. The van der Waals surface area contributed by atoms with Crippen LogP contribution in [0.15, 0.2) is 60.7 Å². The third kappa shape index (κ3) is 8.06. The second kappa shape index (κ2) is 14.4. The summed E-state index contributed by atoms with van der Waals surface area (Å²) >= 11 is 12.2. The van der Waals surface area contributed by atoms with Crippen LogP contribution in [-0.4, -0.2) is 53.0 Å². The lowest BCUT2D eigenvalue weighted by molar-refractivity contribution is -0.139. The highest BCUT2D eigenvalue weighted by atomic mass is 35.5. The molecule has 1 atom stereocenters. The lowest BCUT2D eigenvalue weighted by Gasteiger charge is -2.32. The van der Waals surface area contributed by atoms with Crippen molar-refractivity contribution in [2.45, 2.75) is 57.5 Å². The minimum absolute atomic E-state index is 0.0166. The highest BCUT2D eigenvalue weighted by molar-refractivity contribution is 6.40. The number of carbonyl (C=O) groups excluding carboxylic acids is 3. The first kappa shape index (κ1) is 31.8. The Bertz CT molecular complexity index is 1490. The van der Waals surface area contributed by atoms with Gasteiger partial charge in [-0.25, -0.2) is 9.59 Å². The molecule has 0 saturated heterocycles. The van der Waals surface area contributed by atoms with Crippen molar-refractivity contribution in [3.05, 3.63) is 93.0 Å². The zero-order chi connectivity index (χ0) is 31.1. The van der Waals surface area contributed by atoms with Crippen molar-refractivity contribution in [3.63, 3.8) is 0 Å². The molecule has 9 nitrogen and oxygen atoms in total. The van der Waals surface area contributed by atoms with Crippen molar-refractivity contribution in [3.8, 4) is 0 Å². The number of nitrogens with one attached hydrogen (secondary N) is 3. The summed E-state index contributed by atoms with van der Waals surface area (Å²) in [4.78, 5) is 52.8. The summed E-state index contributed by atoms with van der Waals surface area (Å²) in [6, 6.07) is 14.7. The van der Waals surface area contributed by atoms with Gasteiger partial charge in [0, 0.05) is 25.2 Å². The summed E-state index contributed by atoms with van der Waals surface area (Å²) in [7, 11) is 1.79. The van der Waals surface area contributed by atoms with Gasteiger partial charge in [0.15, 0.2) is 0 Å². The summed E-state index contributed by atoms with van der Waals surface area (Å²) in [5.74, 6) is -1.90. The van der Waals surface area contributed by atoms with Crippen LogP contribution < -0.4 is 16.0 Å². The molecule has 0 radical (unpaired) electrons. The molecule has 226 valence electrons. The number of amides is 4. The van der Waals surface area contributed by atoms with E-state index < -0.39 is 23.9 Å². The summed E-state index contributed by atoms with van der Waals surface area (Å²) in [6.45, 7) is 1.78. The number of carbonyl (C=O) groups is 4. The van der Waals surface area contributed by atoms with Gasteiger partial charge in [0.05, 0.1) is 26.9 Å². The van der Waals surface area contributed by atoms with E-state index in [9.17, 15) is 24.3 Å². The molecule has 0 heterocycles. The smallest absolute Gasteiger partial charge is 0.326 e. The maximum absolute atomic E-state index is 13.4. The Labute approximate surface area is 260 Å². The van der Waals surface area contributed by atoms with Gasteiger partial charge in [0.2, 0.25) is 0 Å². The van der Waals surface area contributed by atoms with E-state index >= 15 is 0 Å². The lowest BCUT2D eigenvalue weighted by atomic mass is 9.94. The standard InChI is InChI=1S/C32H34Cl2N4O5/c1-19-8-6-11-23(30(40)38(2)22-9-4-3-5-10-22)28(19)37-32(43)36-26(31(41)42)18-20-14-16-21(17-15-20)35-29(39)27-24(33)12-7-13-25(27)34/h6-8,11-17,22,26H,3-5,9-10,18H2,1-2H3,(H,35,39)(H,41,42)(H2,36,37,43)/t26-/m0/s1. The van der Waals surface area contributed by atoms with Crippen LogP contribution in [0.1, 0.15) is 63.9 Å². The lowest BCUT2D eigenvalue weighted by Crippen LogP contribution is -2.45. The molecule has 11 heteroatoms. The third-order valence-corrected chi connectivity index (χ3v) is 8.26. The van der Waals surface area contributed by atoms with Crippen LogP contribution >= 0.6 is 23.2 Å². The number of aryl methyl sites for hydroxylation is 1. The molecule has 0 bridgehead atoms. The Morgan fingerprint density at radius 1 is 0.907 bits per heavy atom. The highest BCUT2D eigenvalue weighted by Gasteiger charge is 2.27. The second-order valence-corrected chi connectivity index (χ2v) is 11.5. The number of benzene rings is 3. The Hall–Kier alpha value is -4.08. The van der Waals surface area contributed by atoms with E-state index in [-0.39, 0.29) is 34.0 Å². The number of rotatable bonds is 9. The van der Waals surface area contributed by atoms with E-state index in [2.05, 4.69) is 16.0 Å². The van der Waals surface area contributed by atoms with Gasteiger partial charge >= 0.3 is 12.0 Å². The number of anilines is 2. The van der Waals surface area contributed by atoms with Crippen molar-refractivity contribution < 1.29 is 24.3 Å². The van der Waals surface area contributed by atoms with Crippen molar-refractivity contribution in [2.24, 2.45) is 0 Å². The van der Waals surface area contributed by atoms with Crippen LogP contribution in [0.4, 0.5) is 16.2 Å². The molecule has 0 aromatic heterocycles. The monoisotopic (exact) mass is 624 g/mol. The van der Waals surface area contributed by atoms with E-state index in [1.54, 1.807) is 79.5 Å². The molecule has 1 aliphatic rings. The summed E-state index contributed by atoms with van der Waals surface area (Å²) in [6.07, 6.45) is 5.20. The predicted octanol–water partition coefficient (Wildman–Crippen LogP) is 6.78. The highest BCUT2D eigenvalue weighted by Crippen LogP contribution is 2.27. The average Bonchev–Trinajstić information content (AvgIpc) is 2.98. The van der Waals surface area contributed by atoms with Crippen molar-refractivity contribution in [1.29, 1.82) is 0 Å². The van der Waals surface area contributed by atoms with Crippen LogP contribution in [0.25, 0.3) is 0 Å². The van der Waals surface area contributed by atoms with Crippen LogP contribution in [0.5, 0.6) is 0 Å². The molecular formula is C32H34Cl2N4O5. The fraction of sp³-hybridized carbons (Fsp3) is 0.312. The number of carboxylic acids is 1. The Morgan fingerprint density at radius 3 is 2.16 bits per heavy atom. The minimum Gasteiger partial charge on any atom is -0.480 e. The van der Waals surface area contributed by atoms with Crippen LogP contribution in [0, 0.1) is 6.92 Å². The quantitative estimate of drug-likeness (QED) is 0.209. The first-order valence-corrected chi connectivity index (χ1v) is 14.8. The van der Waals surface area contributed by atoms with Crippen LogP contribution in [0.2, 0.25) is 10.0 Å². The molecule has 0 spiro atoms. The van der Waals surface area contributed by atoms with E-state index in [1.165, 1.54) is 6.42 Å². The second-order valence-electron chi connectivity index (χ2n) is 10.6. The van der Waals surface area contributed by atoms with Gasteiger partial charge in [-0.2, -0.15) is 0 Å². The van der Waals surface area contributed by atoms with E-state index in [1.807, 2.05) is 0 Å². The number of aliphatic carboxylic acids is 1. The maximum Gasteiger partial charge on any atom is 0.326 e. The molecule has 1 fully saturated rings. The molecular weight excluding hydrogens is 591 g/mol. The van der Waals surface area contributed by atoms with Crippen molar-refractivity contribution >= 4 is 58.4 Å². The number of carboxylic acid groups (broad SMARTS) is 1. The molecule has 3 aromatic rings. The van der Waals surface area contributed by atoms with E-state index in [4.69, 9.17) is 23.2 Å². The van der Waals surface area contributed by atoms with Gasteiger partial charge < -0.3 is 26.0 Å². The summed E-state index contributed by atoms with van der Waals surface area (Å²) in [5.41, 5.74) is 2.59. The number of hydrogen-bond acceptors (Lipinski definition) is 4. The molecule has 1 saturated carbocycles. The minimum atomic E-state index is -1.25. The molecule has 3 aromatic carbocycles. The zero-order valence-corrected chi connectivity index (χ0v) is 25.5. The maximum atomic E-state index is 13.4. The molecule has 4 N–H and O–H groups in total. The SMILES string of the molecule is Cc1cccc(C(=O)N(C)C2CCCCC2)c1NC(=O)N[C@@H](Cc1ccc(NC(=O)c2c(Cl)cccc2Cl)cc1)C(=O)O. The predicted molar refractivity (Wildman–Crippen MR) is 168 cm³/mol. The van der Waals surface area contributed by atoms with Crippen LogP contribution in [-0.2, 0) is 11.2 Å². The van der Waals surface area contributed by atoms with Crippen LogP contribution in [0.3, 0.4) is 0 Å². The van der Waals surface area contributed by atoms with Gasteiger partial charge in [-0.05, 0) is 61.2 Å². The normalized spacial score (nSPS) is 14.0. The number of para-hydroxylation sites is 1. The molecule has 4 amide bonds. The topological polar surface area (TPSA) is 128 Å². The average molecular weight is 626 g/mol. The zero-order valence-electron chi connectivity index (χ0n) is 24.0. The molecule has 4 rings (SSSR count). The molecule has 1 aliphatic carbocycles. The Morgan fingerprint density at radius 2 is 1.53 bits per heavy atom. The Balaban J connectivity index is 1.41. The molecule has 0 aliphatic heterocycles. The van der Waals surface area contributed by atoms with Gasteiger partial charge in [-0.1, -0.05) is 72.8 Å². The van der Waals surface area contributed by atoms with E-state index in [0.29, 0.717) is 28.1 Å². The molecule has 43 heavy (non-hydrogen) atoms. The van der Waals surface area contributed by atoms with Gasteiger partial charge in [0.1, 0.15) is 6.04 Å². The van der Waals surface area contributed by atoms with Gasteiger partial charge in [-0.15, -0.1) is 0 Å². The largest absolute Gasteiger partial charge is 0.480 e. The first-order chi connectivity index (χ1) is 20.5. The van der Waals surface area contributed by atoms with Gasteiger partial charge in [0.25, 0.3) is 11.8 Å². The number of halogens is 2. The summed E-state index contributed by atoms with van der Waals surface area (Å²) in [5, 5.41) is 18.2. The Kier molecular flexibility index (Phi) is 10.7. The van der Waals surface area contributed by atoms with Gasteiger partial charge in [-0.3, -0.25) is 9.59 Å². The van der Waals surface area contributed by atoms with Crippen molar-refractivity contribution in [1.82, 2.24) is 10.2 Å². The first-order valence-electron chi connectivity index (χ1n) is 14.1. The summed E-state index contributed by atoms with van der Waals surface area (Å²) < 4.78 is 0. The molecule has 0 unspecified atom stereocenters. The van der Waals surface area contributed by atoms with E-state index in [0.717, 1.165) is 25.7 Å². The third-order valence-electron chi connectivity index (χ3n) is 7.63. The number of hydrogen-bond donors (Lipinski definition) is 4. The number of nitrogens with zero attached hydrogens (tertiary/aromatic N) is 1. The number of urea groups is 1.